The van der Waals surface area contributed by atoms with E-state index >= 15 is 0 Å². The molecule has 1 aromatic carbocycles. The molecule has 3 aliphatic rings. The molecule has 2 aliphatic heterocycles. The molecule has 1 aliphatic carbocycles. The Morgan fingerprint density at radius 1 is 1.26 bits per heavy atom. The van der Waals surface area contributed by atoms with E-state index in [9.17, 15) is 9.90 Å². The summed E-state index contributed by atoms with van der Waals surface area (Å²) in [5.41, 5.74) is 1.93. The quantitative estimate of drug-likeness (QED) is 0.913. The van der Waals surface area contributed by atoms with Crippen LogP contribution in [-0.2, 0) is 11.2 Å². The van der Waals surface area contributed by atoms with Crippen molar-refractivity contribution >= 4 is 11.6 Å². The van der Waals surface area contributed by atoms with Gasteiger partial charge in [0.15, 0.2) is 0 Å². The molecule has 122 valence electrons. The molecule has 2 atom stereocenters. The number of piperidine rings is 1. The maximum absolute atomic E-state index is 12.8. The number of fused-ring (bicyclic) bond motifs is 1. The van der Waals surface area contributed by atoms with Crippen molar-refractivity contribution in [2.24, 2.45) is 5.92 Å². The number of amides is 1. The van der Waals surface area contributed by atoms with Crippen LogP contribution >= 0.6 is 0 Å². The number of likely N-dealkylation sites (tertiary alicyclic amines) is 1. The third-order valence-electron chi connectivity index (χ3n) is 5.44. The zero-order valence-electron chi connectivity index (χ0n) is 13.6. The average Bonchev–Trinajstić information content (AvgIpc) is 3.38. The minimum atomic E-state index is -0.496. The van der Waals surface area contributed by atoms with Crippen LogP contribution < -0.4 is 4.90 Å². The van der Waals surface area contributed by atoms with E-state index in [2.05, 4.69) is 42.3 Å². The van der Waals surface area contributed by atoms with E-state index in [4.69, 9.17) is 0 Å². The summed E-state index contributed by atoms with van der Waals surface area (Å²) in [6.45, 7) is 2.74. The predicted molar refractivity (Wildman–Crippen MR) is 89.8 cm³/mol. The van der Waals surface area contributed by atoms with Gasteiger partial charge < -0.3 is 14.9 Å². The maximum atomic E-state index is 12.8. The summed E-state index contributed by atoms with van der Waals surface area (Å²) >= 11 is 0. The average molecular weight is 312 g/mol. The van der Waals surface area contributed by atoms with Crippen molar-refractivity contribution in [2.45, 2.75) is 50.8 Å². The lowest BCUT2D eigenvalue weighted by atomic mass is 9.90. The van der Waals surface area contributed by atoms with Crippen LogP contribution in [0.1, 0.15) is 38.2 Å². The minimum Gasteiger partial charge on any atom is -0.393 e. The van der Waals surface area contributed by atoms with E-state index in [1.54, 1.807) is 0 Å². The number of nitrogens with zero attached hydrogens (tertiary/aromatic N) is 2. The van der Waals surface area contributed by atoms with Crippen molar-refractivity contribution in [2.75, 3.05) is 11.4 Å². The van der Waals surface area contributed by atoms with Gasteiger partial charge in [-0.25, -0.2) is 0 Å². The Labute approximate surface area is 137 Å². The molecule has 1 amide bonds. The summed E-state index contributed by atoms with van der Waals surface area (Å²) in [7, 11) is 0. The molecule has 2 fully saturated rings. The molecule has 4 rings (SSSR count). The van der Waals surface area contributed by atoms with Gasteiger partial charge in [-0.1, -0.05) is 24.3 Å². The second-order valence-corrected chi connectivity index (χ2v) is 7.22. The number of carbonyl (C=O) groups excluding carboxylic acids is 1. The third kappa shape index (κ3) is 2.45. The molecule has 4 heteroatoms. The first-order valence-corrected chi connectivity index (χ1v) is 8.63. The van der Waals surface area contributed by atoms with Crippen LogP contribution in [0, 0.1) is 5.92 Å². The van der Waals surface area contributed by atoms with Gasteiger partial charge in [-0.15, -0.1) is 0 Å². The highest BCUT2D eigenvalue weighted by atomic mass is 16.3. The zero-order chi connectivity index (χ0) is 16.0. The van der Waals surface area contributed by atoms with Gasteiger partial charge in [0, 0.05) is 30.8 Å². The van der Waals surface area contributed by atoms with Gasteiger partial charge in [0.25, 0.3) is 0 Å². The molecule has 0 aromatic heterocycles. The van der Waals surface area contributed by atoms with E-state index in [0.717, 1.165) is 24.9 Å². The van der Waals surface area contributed by atoms with Gasteiger partial charge in [-0.2, -0.15) is 0 Å². The third-order valence-corrected chi connectivity index (χ3v) is 5.44. The highest BCUT2D eigenvalue weighted by molar-refractivity contribution is 5.82. The predicted octanol–water partition coefficient (Wildman–Crippen LogP) is 2.67. The SMILES string of the molecule is CC1(N2C=CCc3ccccc32)CC(O)CCN1C(=O)C1CC1. The van der Waals surface area contributed by atoms with Crippen LogP contribution in [0.3, 0.4) is 0 Å². The first-order chi connectivity index (χ1) is 11.1. The lowest BCUT2D eigenvalue weighted by Crippen LogP contribution is -2.64. The number of para-hydroxylation sites is 1. The van der Waals surface area contributed by atoms with Crippen LogP contribution in [0.5, 0.6) is 0 Å². The standard InChI is InChI=1S/C19H24N2O2/c1-19(20-11-4-6-14-5-2-3-7-17(14)20)13-16(22)10-12-21(19)18(23)15-8-9-15/h2-5,7,11,15-16,22H,6,8-10,12-13H2,1H3. The summed E-state index contributed by atoms with van der Waals surface area (Å²) in [4.78, 5) is 17.1. The van der Waals surface area contributed by atoms with E-state index in [-0.39, 0.29) is 17.9 Å². The van der Waals surface area contributed by atoms with Gasteiger partial charge in [-0.05, 0) is 44.2 Å². The molecule has 2 heterocycles. The summed E-state index contributed by atoms with van der Waals surface area (Å²) in [6, 6.07) is 8.36. The van der Waals surface area contributed by atoms with Crippen molar-refractivity contribution in [3.63, 3.8) is 0 Å². The second-order valence-electron chi connectivity index (χ2n) is 7.22. The fourth-order valence-corrected chi connectivity index (χ4v) is 4.01. The Bertz CT molecular complexity index is 653. The van der Waals surface area contributed by atoms with Crippen LogP contribution in [0.4, 0.5) is 5.69 Å². The number of aliphatic hydroxyl groups is 1. The van der Waals surface area contributed by atoms with Crippen molar-refractivity contribution in [1.82, 2.24) is 4.90 Å². The largest absolute Gasteiger partial charge is 0.393 e. The first kappa shape index (κ1) is 14.8. The van der Waals surface area contributed by atoms with Crippen molar-refractivity contribution < 1.29 is 9.90 Å². The Hall–Kier alpha value is -1.81. The molecule has 23 heavy (non-hydrogen) atoms. The van der Waals surface area contributed by atoms with E-state index in [1.165, 1.54) is 5.56 Å². The second kappa shape index (κ2) is 5.38. The number of allylic oxidation sites excluding steroid dienone is 1. The van der Waals surface area contributed by atoms with Gasteiger partial charge in [-0.3, -0.25) is 4.79 Å². The molecule has 0 radical (unpaired) electrons. The molecule has 1 aromatic rings. The smallest absolute Gasteiger partial charge is 0.227 e. The summed E-state index contributed by atoms with van der Waals surface area (Å²) < 4.78 is 0. The molecule has 1 N–H and O–H groups in total. The van der Waals surface area contributed by atoms with Gasteiger partial charge >= 0.3 is 0 Å². The number of hydrogen-bond donors (Lipinski definition) is 1. The van der Waals surface area contributed by atoms with E-state index < -0.39 is 5.66 Å². The van der Waals surface area contributed by atoms with Crippen LogP contribution in [-0.4, -0.2) is 34.2 Å². The van der Waals surface area contributed by atoms with Crippen molar-refractivity contribution in [1.29, 1.82) is 0 Å². The normalized spacial score (nSPS) is 30.3. The highest BCUT2D eigenvalue weighted by Crippen LogP contribution is 2.42. The molecular formula is C19H24N2O2. The van der Waals surface area contributed by atoms with Gasteiger partial charge in [0.2, 0.25) is 5.91 Å². The number of rotatable bonds is 2. The topological polar surface area (TPSA) is 43.8 Å². The van der Waals surface area contributed by atoms with E-state index in [1.807, 2.05) is 11.0 Å². The van der Waals surface area contributed by atoms with E-state index in [0.29, 0.717) is 19.4 Å². The lowest BCUT2D eigenvalue weighted by molar-refractivity contribution is -0.143. The van der Waals surface area contributed by atoms with Crippen LogP contribution in [0.2, 0.25) is 0 Å². The molecule has 1 saturated heterocycles. The fraction of sp³-hybridized carbons (Fsp3) is 0.526. The summed E-state index contributed by atoms with van der Waals surface area (Å²) in [5, 5.41) is 10.3. The van der Waals surface area contributed by atoms with Crippen molar-refractivity contribution in [3.05, 3.63) is 42.1 Å². The Morgan fingerprint density at radius 2 is 2.04 bits per heavy atom. The Kier molecular flexibility index (Phi) is 3.45. The molecule has 2 unspecified atom stereocenters. The van der Waals surface area contributed by atoms with Crippen LogP contribution in [0.25, 0.3) is 0 Å². The maximum Gasteiger partial charge on any atom is 0.227 e. The molecule has 4 nitrogen and oxygen atoms in total. The molecule has 0 spiro atoms. The monoisotopic (exact) mass is 312 g/mol. The number of anilines is 1. The Morgan fingerprint density at radius 3 is 2.83 bits per heavy atom. The van der Waals surface area contributed by atoms with Gasteiger partial charge in [0.05, 0.1) is 6.10 Å². The van der Waals surface area contributed by atoms with Crippen molar-refractivity contribution in [3.8, 4) is 0 Å². The summed E-state index contributed by atoms with van der Waals surface area (Å²) in [6.07, 6.45) is 8.09. The number of hydrogen-bond acceptors (Lipinski definition) is 3. The minimum absolute atomic E-state index is 0.202. The van der Waals surface area contributed by atoms with Gasteiger partial charge in [0.1, 0.15) is 5.66 Å². The highest BCUT2D eigenvalue weighted by Gasteiger charge is 2.48. The molecule has 0 bridgehead atoms. The zero-order valence-corrected chi connectivity index (χ0v) is 13.6. The number of aliphatic hydroxyl groups excluding tert-OH is 1. The van der Waals surface area contributed by atoms with Crippen LogP contribution in [0.15, 0.2) is 36.5 Å². The summed E-state index contributed by atoms with van der Waals surface area (Å²) in [5.74, 6) is 0.462. The number of carbonyl (C=O) groups is 1. The fourth-order valence-electron chi connectivity index (χ4n) is 4.01. The first-order valence-electron chi connectivity index (χ1n) is 8.63. The number of benzene rings is 1. The molecular weight excluding hydrogens is 288 g/mol. The molecule has 1 saturated carbocycles. The lowest BCUT2D eigenvalue weighted by Gasteiger charge is -2.53. The Balaban J connectivity index is 1.74.